The molecular formula is C18H21N3O6S. The van der Waals surface area contributed by atoms with Crippen LogP contribution in [-0.4, -0.2) is 48.9 Å². The fourth-order valence-corrected chi connectivity index (χ4v) is 3.88. The van der Waals surface area contributed by atoms with Crippen molar-refractivity contribution in [2.24, 2.45) is 5.14 Å². The predicted molar refractivity (Wildman–Crippen MR) is 104 cm³/mol. The number of hydrogen-bond acceptors (Lipinski definition) is 6. The van der Waals surface area contributed by atoms with Gasteiger partial charge in [0.15, 0.2) is 11.5 Å². The summed E-state index contributed by atoms with van der Waals surface area (Å²) < 4.78 is 39.7. The average Bonchev–Trinajstić information content (AvgIpc) is 3.07. The number of carbonyl (C=O) groups excluding carboxylic acids is 1. The minimum atomic E-state index is -3.98. The lowest BCUT2D eigenvalue weighted by molar-refractivity contribution is 0.255. The van der Waals surface area contributed by atoms with E-state index in [0.29, 0.717) is 36.0 Å². The van der Waals surface area contributed by atoms with Crippen molar-refractivity contribution < 1.29 is 27.4 Å². The number of nitrogens with two attached hydrogens (primary N) is 1. The van der Waals surface area contributed by atoms with E-state index in [1.807, 2.05) is 0 Å². The second-order valence-corrected chi connectivity index (χ2v) is 7.51. The average molecular weight is 407 g/mol. The Labute approximate surface area is 163 Å². The number of urea groups is 1. The van der Waals surface area contributed by atoms with Crippen LogP contribution in [0.1, 0.15) is 0 Å². The minimum Gasteiger partial charge on any atom is -0.493 e. The molecule has 150 valence electrons. The number of benzene rings is 2. The Morgan fingerprint density at radius 1 is 0.929 bits per heavy atom. The number of primary sulfonamides is 1. The number of sulfonamides is 1. The minimum absolute atomic E-state index is 0.102. The van der Waals surface area contributed by atoms with Crippen LogP contribution in [0.3, 0.4) is 0 Å². The van der Waals surface area contributed by atoms with Crippen molar-refractivity contribution in [1.82, 2.24) is 0 Å². The van der Waals surface area contributed by atoms with Crippen LogP contribution >= 0.6 is 0 Å². The topological polar surface area (TPSA) is 111 Å². The molecule has 1 heterocycles. The Balaban J connectivity index is 2.00. The van der Waals surface area contributed by atoms with Gasteiger partial charge in [-0.15, -0.1) is 0 Å². The van der Waals surface area contributed by atoms with Gasteiger partial charge in [0, 0.05) is 25.2 Å². The molecule has 3 rings (SSSR count). The SMILES string of the molecule is COc1cc(N2CCN(c3ccccc3S(N)(=O)=O)C2=O)cc(OC)c1OC. The van der Waals surface area contributed by atoms with Crippen LogP contribution in [0.5, 0.6) is 17.2 Å². The van der Waals surface area contributed by atoms with Gasteiger partial charge in [0.2, 0.25) is 15.8 Å². The van der Waals surface area contributed by atoms with Gasteiger partial charge in [0.05, 0.1) is 32.7 Å². The Bertz CT molecular complexity index is 983. The Morgan fingerprint density at radius 3 is 2.04 bits per heavy atom. The molecule has 0 atom stereocenters. The summed E-state index contributed by atoms with van der Waals surface area (Å²) in [5.41, 5.74) is 0.778. The first kappa shape index (κ1) is 19.8. The van der Waals surface area contributed by atoms with E-state index in [1.54, 1.807) is 30.3 Å². The van der Waals surface area contributed by atoms with Crippen molar-refractivity contribution in [3.8, 4) is 17.2 Å². The number of para-hydroxylation sites is 1. The van der Waals surface area contributed by atoms with Gasteiger partial charge >= 0.3 is 6.03 Å². The summed E-state index contributed by atoms with van der Waals surface area (Å²) in [7, 11) is 0.493. The second-order valence-electron chi connectivity index (χ2n) is 5.98. The maximum Gasteiger partial charge on any atom is 0.329 e. The molecule has 0 bridgehead atoms. The van der Waals surface area contributed by atoms with Crippen molar-refractivity contribution >= 4 is 27.4 Å². The summed E-state index contributed by atoms with van der Waals surface area (Å²) in [6.07, 6.45) is 0. The van der Waals surface area contributed by atoms with E-state index in [0.717, 1.165) is 0 Å². The molecule has 10 heteroatoms. The van der Waals surface area contributed by atoms with E-state index < -0.39 is 10.0 Å². The molecule has 1 aliphatic rings. The first-order valence-corrected chi connectivity index (χ1v) is 9.87. The van der Waals surface area contributed by atoms with Crippen LogP contribution in [0.25, 0.3) is 0 Å². The fourth-order valence-electron chi connectivity index (χ4n) is 3.14. The highest BCUT2D eigenvalue weighted by atomic mass is 32.2. The van der Waals surface area contributed by atoms with Gasteiger partial charge in [0.1, 0.15) is 4.90 Å². The molecule has 0 spiro atoms. The molecule has 0 aromatic heterocycles. The molecule has 2 amide bonds. The zero-order valence-electron chi connectivity index (χ0n) is 15.7. The lowest BCUT2D eigenvalue weighted by Gasteiger charge is -2.22. The zero-order valence-corrected chi connectivity index (χ0v) is 16.5. The Kier molecular flexibility index (Phi) is 5.34. The number of hydrogen-bond donors (Lipinski definition) is 1. The summed E-state index contributed by atoms with van der Waals surface area (Å²) >= 11 is 0. The van der Waals surface area contributed by atoms with E-state index in [-0.39, 0.29) is 16.6 Å². The first-order chi connectivity index (χ1) is 13.3. The number of methoxy groups -OCH3 is 3. The highest BCUT2D eigenvalue weighted by Gasteiger charge is 2.34. The van der Waals surface area contributed by atoms with E-state index >= 15 is 0 Å². The van der Waals surface area contributed by atoms with Gasteiger partial charge in [-0.05, 0) is 12.1 Å². The largest absolute Gasteiger partial charge is 0.493 e. The maximum atomic E-state index is 13.0. The molecular weight excluding hydrogens is 386 g/mol. The molecule has 0 saturated carbocycles. The quantitative estimate of drug-likeness (QED) is 0.782. The monoisotopic (exact) mass is 407 g/mol. The Hall–Kier alpha value is -2.98. The molecule has 2 N–H and O–H groups in total. The molecule has 0 radical (unpaired) electrons. The third kappa shape index (κ3) is 3.43. The number of rotatable bonds is 6. The number of nitrogens with zero attached hydrogens (tertiary/aromatic N) is 2. The molecule has 1 fully saturated rings. The third-order valence-corrected chi connectivity index (χ3v) is 5.39. The van der Waals surface area contributed by atoms with Gasteiger partial charge in [-0.2, -0.15) is 0 Å². The van der Waals surface area contributed by atoms with Crippen LogP contribution in [0.4, 0.5) is 16.2 Å². The van der Waals surface area contributed by atoms with Crippen molar-refractivity contribution in [2.75, 3.05) is 44.2 Å². The zero-order chi connectivity index (χ0) is 20.5. The predicted octanol–water partition coefficient (Wildman–Crippen LogP) is 1.81. The lowest BCUT2D eigenvalue weighted by atomic mass is 10.2. The van der Waals surface area contributed by atoms with E-state index in [1.165, 1.54) is 37.2 Å². The van der Waals surface area contributed by atoms with Crippen LogP contribution < -0.4 is 29.1 Å². The number of carbonyl (C=O) groups is 1. The van der Waals surface area contributed by atoms with E-state index in [9.17, 15) is 13.2 Å². The summed E-state index contributed by atoms with van der Waals surface area (Å²) in [6.45, 7) is 0.637. The normalized spacial score (nSPS) is 14.4. The molecule has 0 aliphatic carbocycles. The highest BCUT2D eigenvalue weighted by Crippen LogP contribution is 2.42. The van der Waals surface area contributed by atoms with Crippen molar-refractivity contribution in [1.29, 1.82) is 0 Å². The number of ether oxygens (including phenoxy) is 3. The molecule has 1 aliphatic heterocycles. The molecule has 2 aromatic carbocycles. The van der Waals surface area contributed by atoms with Gasteiger partial charge < -0.3 is 14.2 Å². The summed E-state index contributed by atoms with van der Waals surface area (Å²) in [4.78, 5) is 15.8. The van der Waals surface area contributed by atoms with Gasteiger partial charge in [-0.25, -0.2) is 18.4 Å². The van der Waals surface area contributed by atoms with Crippen LogP contribution in [0, 0.1) is 0 Å². The third-order valence-electron chi connectivity index (χ3n) is 4.43. The Morgan fingerprint density at radius 2 is 1.50 bits per heavy atom. The number of anilines is 2. The van der Waals surface area contributed by atoms with Crippen LogP contribution in [0.15, 0.2) is 41.3 Å². The lowest BCUT2D eigenvalue weighted by Crippen LogP contribution is -2.33. The number of amides is 2. The fraction of sp³-hybridized carbons (Fsp3) is 0.278. The standard InChI is InChI=1S/C18H21N3O6S/c1-25-14-10-12(11-15(26-2)17(14)27-3)20-8-9-21(18(20)22)13-6-4-5-7-16(13)28(19,23)24/h4-7,10-11H,8-9H2,1-3H3,(H2,19,23,24). The highest BCUT2D eigenvalue weighted by molar-refractivity contribution is 7.89. The molecule has 2 aromatic rings. The van der Waals surface area contributed by atoms with Crippen molar-refractivity contribution in [3.05, 3.63) is 36.4 Å². The van der Waals surface area contributed by atoms with Crippen molar-refractivity contribution in [2.45, 2.75) is 4.90 Å². The summed E-state index contributed by atoms with van der Waals surface area (Å²) in [5, 5.41) is 5.30. The first-order valence-electron chi connectivity index (χ1n) is 8.32. The van der Waals surface area contributed by atoms with Crippen LogP contribution in [0.2, 0.25) is 0 Å². The molecule has 9 nitrogen and oxygen atoms in total. The van der Waals surface area contributed by atoms with Gasteiger partial charge in [0.25, 0.3) is 0 Å². The van der Waals surface area contributed by atoms with Crippen molar-refractivity contribution in [3.63, 3.8) is 0 Å². The molecule has 28 heavy (non-hydrogen) atoms. The van der Waals surface area contributed by atoms with Gasteiger partial charge in [-0.3, -0.25) is 9.80 Å². The second kappa shape index (κ2) is 7.56. The summed E-state index contributed by atoms with van der Waals surface area (Å²) in [6, 6.07) is 9.07. The maximum absolute atomic E-state index is 13.0. The smallest absolute Gasteiger partial charge is 0.329 e. The van der Waals surface area contributed by atoms with Crippen LogP contribution in [-0.2, 0) is 10.0 Å². The molecule has 0 unspecified atom stereocenters. The van der Waals surface area contributed by atoms with E-state index in [4.69, 9.17) is 19.3 Å². The molecule has 1 saturated heterocycles. The summed E-state index contributed by atoms with van der Waals surface area (Å²) in [5.74, 6) is 1.23. The van der Waals surface area contributed by atoms with E-state index in [2.05, 4.69) is 0 Å². The van der Waals surface area contributed by atoms with Gasteiger partial charge in [-0.1, -0.05) is 12.1 Å².